The summed E-state index contributed by atoms with van der Waals surface area (Å²) in [6.45, 7) is 4.11. The molecule has 0 atom stereocenters. The first kappa shape index (κ1) is 18.4. The van der Waals surface area contributed by atoms with Crippen LogP contribution in [0.5, 0.6) is 0 Å². The fourth-order valence-corrected chi connectivity index (χ4v) is 3.54. The minimum absolute atomic E-state index is 0.549. The summed E-state index contributed by atoms with van der Waals surface area (Å²) >= 11 is 1.53. The zero-order chi connectivity index (χ0) is 19.3. The minimum atomic E-state index is 0.549. The number of pyridine rings is 1. The Morgan fingerprint density at radius 3 is 2.54 bits per heavy atom. The largest absolute Gasteiger partial charge is 0.411 e. The molecule has 4 rings (SSSR count). The van der Waals surface area contributed by atoms with E-state index in [2.05, 4.69) is 45.2 Å². The van der Waals surface area contributed by atoms with E-state index in [0.29, 0.717) is 29.2 Å². The molecule has 0 N–H and O–H groups in total. The fraction of sp³-hybridized carbons (Fsp3) is 0.250. The van der Waals surface area contributed by atoms with Crippen LogP contribution in [0.4, 0.5) is 0 Å². The van der Waals surface area contributed by atoms with Gasteiger partial charge in [0, 0.05) is 35.7 Å². The number of nitrogens with zero attached hydrogens (tertiary/aromatic N) is 5. The molecule has 8 heteroatoms. The number of aryl methyl sites for hydroxylation is 3. The lowest BCUT2D eigenvalue weighted by molar-refractivity contribution is 0.378. The Morgan fingerprint density at radius 1 is 0.964 bits per heavy atom. The van der Waals surface area contributed by atoms with Crippen molar-refractivity contribution in [3.8, 4) is 22.8 Å². The number of benzene rings is 1. The van der Waals surface area contributed by atoms with Crippen LogP contribution in [0.25, 0.3) is 22.8 Å². The van der Waals surface area contributed by atoms with E-state index in [1.54, 1.807) is 12.4 Å². The summed E-state index contributed by atoms with van der Waals surface area (Å²) in [7, 11) is 0. The molecule has 0 amide bonds. The third kappa shape index (κ3) is 4.45. The van der Waals surface area contributed by atoms with Crippen molar-refractivity contribution < 1.29 is 8.94 Å². The minimum Gasteiger partial charge on any atom is -0.411 e. The van der Waals surface area contributed by atoms with Gasteiger partial charge in [-0.25, -0.2) is 0 Å². The number of hydrogen-bond acceptors (Lipinski definition) is 8. The van der Waals surface area contributed by atoms with Crippen LogP contribution < -0.4 is 0 Å². The molecule has 3 aromatic heterocycles. The molecule has 3 heterocycles. The second-order valence-electron chi connectivity index (χ2n) is 6.45. The van der Waals surface area contributed by atoms with Crippen LogP contribution in [0.15, 0.2) is 56.9 Å². The summed E-state index contributed by atoms with van der Waals surface area (Å²) in [5.41, 5.74) is 4.19. The van der Waals surface area contributed by atoms with Gasteiger partial charge in [-0.1, -0.05) is 34.1 Å². The smallest absolute Gasteiger partial charge is 0.276 e. The van der Waals surface area contributed by atoms with E-state index in [-0.39, 0.29) is 0 Å². The quantitative estimate of drug-likeness (QED) is 0.334. The van der Waals surface area contributed by atoms with Crippen molar-refractivity contribution >= 4 is 11.8 Å². The molecule has 0 fully saturated rings. The SMILES string of the molecule is Cc1cc(C)cc(-c2nnc(SCCCc3nc(-c4ccncc4)no3)o2)c1. The summed E-state index contributed by atoms with van der Waals surface area (Å²) in [4.78, 5) is 8.41. The van der Waals surface area contributed by atoms with Crippen LogP contribution in [-0.4, -0.2) is 31.1 Å². The maximum atomic E-state index is 5.78. The van der Waals surface area contributed by atoms with Gasteiger partial charge in [-0.2, -0.15) is 4.98 Å². The lowest BCUT2D eigenvalue weighted by atomic mass is 10.1. The van der Waals surface area contributed by atoms with E-state index in [1.807, 2.05) is 24.3 Å². The number of aromatic nitrogens is 5. The summed E-state index contributed by atoms with van der Waals surface area (Å²) in [5.74, 6) is 2.57. The van der Waals surface area contributed by atoms with Gasteiger partial charge in [0.25, 0.3) is 5.22 Å². The van der Waals surface area contributed by atoms with Crippen LogP contribution in [0.2, 0.25) is 0 Å². The Balaban J connectivity index is 1.29. The third-order valence-electron chi connectivity index (χ3n) is 4.04. The van der Waals surface area contributed by atoms with Crippen molar-refractivity contribution in [1.29, 1.82) is 0 Å². The molecule has 28 heavy (non-hydrogen) atoms. The number of thioether (sulfide) groups is 1. The summed E-state index contributed by atoms with van der Waals surface area (Å²) in [6, 6.07) is 9.92. The first-order chi connectivity index (χ1) is 13.7. The predicted molar refractivity (Wildman–Crippen MR) is 106 cm³/mol. The maximum Gasteiger partial charge on any atom is 0.276 e. The Labute approximate surface area is 166 Å². The van der Waals surface area contributed by atoms with Gasteiger partial charge in [0.05, 0.1) is 0 Å². The predicted octanol–water partition coefficient (Wildman–Crippen LogP) is 4.52. The summed E-state index contributed by atoms with van der Waals surface area (Å²) in [5, 5.41) is 12.9. The van der Waals surface area contributed by atoms with Gasteiger partial charge >= 0.3 is 0 Å². The van der Waals surface area contributed by atoms with E-state index in [0.717, 1.165) is 23.3 Å². The van der Waals surface area contributed by atoms with Gasteiger partial charge in [0.2, 0.25) is 17.6 Å². The Bertz CT molecular complexity index is 1040. The van der Waals surface area contributed by atoms with Crippen molar-refractivity contribution in [3.63, 3.8) is 0 Å². The molecule has 1 aromatic carbocycles. The van der Waals surface area contributed by atoms with Crippen LogP contribution in [0.3, 0.4) is 0 Å². The van der Waals surface area contributed by atoms with Crippen molar-refractivity contribution in [1.82, 2.24) is 25.3 Å². The molecule has 4 aromatic rings. The van der Waals surface area contributed by atoms with E-state index >= 15 is 0 Å². The molecule has 0 saturated heterocycles. The number of hydrogen-bond donors (Lipinski definition) is 0. The van der Waals surface area contributed by atoms with E-state index in [9.17, 15) is 0 Å². The molecule has 0 aliphatic carbocycles. The Morgan fingerprint density at radius 2 is 1.75 bits per heavy atom. The lowest BCUT2D eigenvalue weighted by Crippen LogP contribution is -1.89. The highest BCUT2D eigenvalue weighted by atomic mass is 32.2. The maximum absolute atomic E-state index is 5.78. The summed E-state index contributed by atoms with van der Waals surface area (Å²) in [6.07, 6.45) is 4.98. The van der Waals surface area contributed by atoms with Crippen LogP contribution >= 0.6 is 11.8 Å². The highest BCUT2D eigenvalue weighted by Gasteiger charge is 2.11. The molecule has 0 aliphatic rings. The average molecular weight is 393 g/mol. The molecule has 0 unspecified atom stereocenters. The van der Waals surface area contributed by atoms with E-state index in [1.165, 1.54) is 22.9 Å². The molecule has 0 spiro atoms. The number of rotatable bonds is 7. The molecular formula is C20H19N5O2S. The zero-order valence-electron chi connectivity index (χ0n) is 15.6. The normalized spacial score (nSPS) is 11.1. The fourth-order valence-electron chi connectivity index (χ4n) is 2.84. The monoisotopic (exact) mass is 393 g/mol. The third-order valence-corrected chi connectivity index (χ3v) is 4.95. The topological polar surface area (TPSA) is 90.7 Å². The van der Waals surface area contributed by atoms with Crippen molar-refractivity contribution in [2.75, 3.05) is 5.75 Å². The summed E-state index contributed by atoms with van der Waals surface area (Å²) < 4.78 is 11.1. The molecule has 7 nitrogen and oxygen atoms in total. The molecule has 0 bridgehead atoms. The van der Waals surface area contributed by atoms with Crippen LogP contribution in [-0.2, 0) is 6.42 Å². The molecule has 0 aliphatic heterocycles. The highest BCUT2D eigenvalue weighted by molar-refractivity contribution is 7.99. The Kier molecular flexibility index (Phi) is 5.48. The first-order valence-corrected chi connectivity index (χ1v) is 9.94. The van der Waals surface area contributed by atoms with Gasteiger partial charge < -0.3 is 8.94 Å². The van der Waals surface area contributed by atoms with Crippen molar-refractivity contribution in [2.24, 2.45) is 0 Å². The second-order valence-corrected chi connectivity index (χ2v) is 7.50. The van der Waals surface area contributed by atoms with Crippen molar-refractivity contribution in [2.45, 2.75) is 31.9 Å². The van der Waals surface area contributed by atoms with Gasteiger partial charge in [-0.05, 0) is 44.5 Å². The molecule has 142 valence electrons. The standard InChI is InChI=1S/C20H19N5O2S/c1-13-10-14(2)12-16(11-13)19-23-24-20(26-19)28-9-3-4-17-22-18(25-27-17)15-5-7-21-8-6-15/h5-8,10-12H,3-4,9H2,1-2H3. The lowest BCUT2D eigenvalue weighted by Gasteiger charge is -2.00. The van der Waals surface area contributed by atoms with E-state index in [4.69, 9.17) is 8.94 Å². The highest BCUT2D eigenvalue weighted by Crippen LogP contribution is 2.25. The second kappa shape index (κ2) is 8.35. The van der Waals surface area contributed by atoms with Gasteiger partial charge in [0.15, 0.2) is 0 Å². The van der Waals surface area contributed by atoms with Crippen LogP contribution in [0, 0.1) is 13.8 Å². The van der Waals surface area contributed by atoms with Gasteiger partial charge in [0.1, 0.15) is 0 Å². The van der Waals surface area contributed by atoms with Gasteiger partial charge in [-0.3, -0.25) is 4.98 Å². The van der Waals surface area contributed by atoms with Crippen molar-refractivity contribution in [3.05, 3.63) is 59.7 Å². The molecule has 0 radical (unpaired) electrons. The van der Waals surface area contributed by atoms with Gasteiger partial charge in [-0.15, -0.1) is 10.2 Å². The average Bonchev–Trinajstić information content (AvgIpc) is 3.35. The van der Waals surface area contributed by atoms with E-state index < -0.39 is 0 Å². The first-order valence-electron chi connectivity index (χ1n) is 8.95. The molecule has 0 saturated carbocycles. The molecular weight excluding hydrogens is 374 g/mol. The Hall–Kier alpha value is -3.00. The van der Waals surface area contributed by atoms with Crippen LogP contribution in [0.1, 0.15) is 23.4 Å². The zero-order valence-corrected chi connectivity index (χ0v) is 16.4.